The number of hydrogen-bond donors (Lipinski definition) is 1. The topological polar surface area (TPSA) is 77.8 Å². The van der Waals surface area contributed by atoms with Crippen LogP contribution < -0.4 is 14.8 Å². The van der Waals surface area contributed by atoms with Crippen molar-refractivity contribution >= 4 is 52.2 Å². The van der Waals surface area contributed by atoms with Crippen molar-refractivity contribution in [3.8, 4) is 11.5 Å². The highest BCUT2D eigenvalue weighted by Crippen LogP contribution is 2.34. The predicted octanol–water partition coefficient (Wildman–Crippen LogP) is 3.89. The van der Waals surface area contributed by atoms with Crippen molar-refractivity contribution in [1.29, 1.82) is 0 Å². The molecular formula is C16H12Cl2N4O3S. The molecule has 2 aromatic heterocycles. The number of nitrogens with zero attached hydrogens (tertiary/aromatic N) is 3. The summed E-state index contributed by atoms with van der Waals surface area (Å²) >= 11 is 13.5. The molecule has 3 aromatic rings. The third kappa shape index (κ3) is 3.53. The number of thioether (sulfide) groups is 1. The number of amides is 1. The third-order valence-electron chi connectivity index (χ3n) is 3.61. The Hall–Kier alpha value is -2.16. The number of carbonyl (C=O) groups is 1. The zero-order chi connectivity index (χ0) is 18.1. The van der Waals surface area contributed by atoms with E-state index < -0.39 is 0 Å². The molecule has 0 radical (unpaired) electrons. The molecule has 0 atom stereocenters. The Morgan fingerprint density at radius 1 is 1.23 bits per heavy atom. The van der Waals surface area contributed by atoms with Gasteiger partial charge in [0.05, 0.1) is 10.0 Å². The van der Waals surface area contributed by atoms with Crippen LogP contribution in [0, 0.1) is 0 Å². The molecule has 0 saturated carbocycles. The lowest BCUT2D eigenvalue weighted by molar-refractivity contribution is -0.115. The Kier molecular flexibility index (Phi) is 4.80. The van der Waals surface area contributed by atoms with E-state index in [4.69, 9.17) is 32.7 Å². The van der Waals surface area contributed by atoms with E-state index in [0.717, 1.165) is 0 Å². The first-order valence-corrected chi connectivity index (χ1v) is 9.36. The molecule has 0 saturated heterocycles. The predicted molar refractivity (Wildman–Crippen MR) is 99.5 cm³/mol. The van der Waals surface area contributed by atoms with Gasteiger partial charge in [0.15, 0.2) is 22.3 Å². The zero-order valence-corrected chi connectivity index (χ0v) is 15.6. The molecule has 10 heteroatoms. The lowest BCUT2D eigenvalue weighted by atomic mass is 10.2. The number of nitrogens with one attached hydrogen (secondary N) is 1. The molecule has 0 fully saturated rings. The average molecular weight is 411 g/mol. The first-order valence-electron chi connectivity index (χ1n) is 7.62. The smallest absolute Gasteiger partial charge is 0.231 e. The summed E-state index contributed by atoms with van der Waals surface area (Å²) < 4.78 is 12.3. The minimum atomic E-state index is -0.110. The van der Waals surface area contributed by atoms with Gasteiger partial charge in [-0.15, -0.1) is 10.2 Å². The van der Waals surface area contributed by atoms with Crippen LogP contribution in [-0.4, -0.2) is 33.1 Å². The lowest BCUT2D eigenvalue weighted by Crippen LogP contribution is -2.12. The minimum Gasteiger partial charge on any atom is -0.454 e. The Bertz CT molecular complexity index is 995. The number of pyridine rings is 1. The largest absolute Gasteiger partial charge is 0.454 e. The van der Waals surface area contributed by atoms with Gasteiger partial charge in [-0.3, -0.25) is 9.20 Å². The van der Waals surface area contributed by atoms with Gasteiger partial charge in [0.2, 0.25) is 12.7 Å². The van der Waals surface area contributed by atoms with Gasteiger partial charge in [-0.05, 0) is 18.2 Å². The van der Waals surface area contributed by atoms with Crippen LogP contribution in [0.1, 0.15) is 6.42 Å². The monoisotopic (exact) mass is 410 g/mol. The molecule has 1 aromatic carbocycles. The molecule has 0 spiro atoms. The van der Waals surface area contributed by atoms with Gasteiger partial charge >= 0.3 is 0 Å². The van der Waals surface area contributed by atoms with Gasteiger partial charge in [0.25, 0.3) is 0 Å². The van der Waals surface area contributed by atoms with Crippen LogP contribution in [-0.2, 0) is 4.79 Å². The third-order valence-corrected chi connectivity index (χ3v) is 5.04. The molecule has 1 N–H and O–H groups in total. The SMILES string of the molecule is O=C(CCSc1nnc2c(Cl)cc(Cl)cn12)Nc1ccc2c(c1)OCO2. The molecule has 1 aliphatic heterocycles. The number of ether oxygens (including phenoxy) is 2. The molecule has 3 heterocycles. The normalized spacial score (nSPS) is 12.5. The van der Waals surface area contributed by atoms with E-state index >= 15 is 0 Å². The quantitative estimate of drug-likeness (QED) is 0.642. The highest BCUT2D eigenvalue weighted by molar-refractivity contribution is 7.99. The molecule has 7 nitrogen and oxygen atoms in total. The number of anilines is 1. The maximum atomic E-state index is 12.1. The molecule has 134 valence electrons. The van der Waals surface area contributed by atoms with E-state index in [1.807, 2.05) is 0 Å². The van der Waals surface area contributed by atoms with Crippen LogP contribution in [0.2, 0.25) is 10.0 Å². The molecule has 0 bridgehead atoms. The van der Waals surface area contributed by atoms with E-state index in [-0.39, 0.29) is 12.7 Å². The maximum Gasteiger partial charge on any atom is 0.231 e. The first-order chi connectivity index (χ1) is 12.6. The molecule has 0 unspecified atom stereocenters. The van der Waals surface area contributed by atoms with Crippen molar-refractivity contribution in [3.63, 3.8) is 0 Å². The second-order valence-corrected chi connectivity index (χ2v) is 7.30. The van der Waals surface area contributed by atoms with E-state index in [0.29, 0.717) is 50.2 Å². The summed E-state index contributed by atoms with van der Waals surface area (Å²) in [6, 6.07) is 6.89. The summed E-state index contributed by atoms with van der Waals surface area (Å²) in [5.74, 6) is 1.72. The summed E-state index contributed by atoms with van der Waals surface area (Å²) in [6.07, 6.45) is 2.00. The summed E-state index contributed by atoms with van der Waals surface area (Å²) in [4.78, 5) is 12.1. The second-order valence-electron chi connectivity index (χ2n) is 5.40. The van der Waals surface area contributed by atoms with Crippen molar-refractivity contribution in [1.82, 2.24) is 14.6 Å². The van der Waals surface area contributed by atoms with Crippen LogP contribution in [0.3, 0.4) is 0 Å². The maximum absolute atomic E-state index is 12.1. The average Bonchev–Trinajstić information content (AvgIpc) is 3.21. The van der Waals surface area contributed by atoms with Crippen LogP contribution in [0.15, 0.2) is 35.6 Å². The summed E-state index contributed by atoms with van der Waals surface area (Å²) in [7, 11) is 0. The Balaban J connectivity index is 1.35. The number of aromatic nitrogens is 3. The Labute approximate surface area is 162 Å². The second kappa shape index (κ2) is 7.22. The van der Waals surface area contributed by atoms with Gasteiger partial charge in [-0.2, -0.15) is 0 Å². The first kappa shape index (κ1) is 17.3. The number of carbonyl (C=O) groups excluding carboxylic acids is 1. The zero-order valence-electron chi connectivity index (χ0n) is 13.2. The van der Waals surface area contributed by atoms with E-state index in [1.54, 1.807) is 34.9 Å². The van der Waals surface area contributed by atoms with Gasteiger partial charge in [0, 0.05) is 30.1 Å². The molecule has 26 heavy (non-hydrogen) atoms. The Morgan fingerprint density at radius 3 is 2.96 bits per heavy atom. The lowest BCUT2D eigenvalue weighted by Gasteiger charge is -2.06. The van der Waals surface area contributed by atoms with Gasteiger partial charge < -0.3 is 14.8 Å². The van der Waals surface area contributed by atoms with Crippen molar-refractivity contribution in [3.05, 3.63) is 40.5 Å². The number of hydrogen-bond acceptors (Lipinski definition) is 6. The van der Waals surface area contributed by atoms with Crippen LogP contribution in [0.25, 0.3) is 5.65 Å². The van der Waals surface area contributed by atoms with Crippen molar-refractivity contribution < 1.29 is 14.3 Å². The van der Waals surface area contributed by atoms with Crippen molar-refractivity contribution in [2.75, 3.05) is 17.9 Å². The van der Waals surface area contributed by atoms with Gasteiger partial charge in [-0.1, -0.05) is 35.0 Å². The van der Waals surface area contributed by atoms with E-state index in [2.05, 4.69) is 15.5 Å². The molecule has 1 aliphatic rings. The number of halogens is 2. The fourth-order valence-electron chi connectivity index (χ4n) is 2.43. The fraction of sp³-hybridized carbons (Fsp3) is 0.188. The van der Waals surface area contributed by atoms with Gasteiger partial charge in [0.1, 0.15) is 0 Å². The van der Waals surface area contributed by atoms with Crippen LogP contribution in [0.5, 0.6) is 11.5 Å². The van der Waals surface area contributed by atoms with Crippen LogP contribution in [0.4, 0.5) is 5.69 Å². The van der Waals surface area contributed by atoms with Crippen molar-refractivity contribution in [2.24, 2.45) is 0 Å². The van der Waals surface area contributed by atoms with Crippen LogP contribution >= 0.6 is 35.0 Å². The van der Waals surface area contributed by atoms with E-state index in [1.165, 1.54) is 11.8 Å². The molecule has 1 amide bonds. The van der Waals surface area contributed by atoms with E-state index in [9.17, 15) is 4.79 Å². The van der Waals surface area contributed by atoms with Gasteiger partial charge in [-0.25, -0.2) is 0 Å². The summed E-state index contributed by atoms with van der Waals surface area (Å²) in [5, 5.41) is 12.5. The Morgan fingerprint density at radius 2 is 2.08 bits per heavy atom. The minimum absolute atomic E-state index is 0.110. The number of rotatable bonds is 5. The summed E-state index contributed by atoms with van der Waals surface area (Å²) in [6.45, 7) is 0.198. The number of benzene rings is 1. The fourth-order valence-corrected chi connectivity index (χ4v) is 3.79. The number of fused-ring (bicyclic) bond motifs is 2. The highest BCUT2D eigenvalue weighted by atomic mass is 35.5. The van der Waals surface area contributed by atoms with Crippen molar-refractivity contribution in [2.45, 2.75) is 11.6 Å². The highest BCUT2D eigenvalue weighted by Gasteiger charge is 2.15. The standard InChI is InChI=1S/C16H12Cl2N4O3S/c17-9-5-11(18)15-20-21-16(22(15)7-9)26-4-3-14(23)19-10-1-2-12-13(6-10)25-8-24-12/h1-2,5-7H,3-4,8H2,(H,19,23). The molecular weight excluding hydrogens is 399 g/mol. The molecule has 4 rings (SSSR count). The molecule has 0 aliphatic carbocycles. The summed E-state index contributed by atoms with van der Waals surface area (Å²) in [5.41, 5.74) is 1.19.